The fraction of sp³-hybridized carbons (Fsp3) is 0.133. The van der Waals surface area contributed by atoms with Gasteiger partial charge in [-0.2, -0.15) is 0 Å². The molecule has 0 saturated heterocycles. The van der Waals surface area contributed by atoms with Crippen molar-refractivity contribution in [2.75, 3.05) is 12.4 Å². The fourth-order valence-corrected chi connectivity index (χ4v) is 1.80. The molecule has 0 aliphatic carbocycles. The van der Waals surface area contributed by atoms with Crippen LogP contribution in [0.5, 0.6) is 0 Å². The van der Waals surface area contributed by atoms with Crippen LogP contribution < -0.4 is 5.32 Å². The second kappa shape index (κ2) is 6.62. The van der Waals surface area contributed by atoms with Gasteiger partial charge in [-0.05, 0) is 29.8 Å². The van der Waals surface area contributed by atoms with Crippen LogP contribution in [0.15, 0.2) is 42.6 Å². The quantitative estimate of drug-likeness (QED) is 0.879. The number of pyridine rings is 1. The smallest absolute Gasteiger partial charge is 0.354 e. The molecule has 108 valence electrons. The number of methoxy groups -OCH3 is 1. The van der Waals surface area contributed by atoms with E-state index < -0.39 is 5.97 Å². The molecule has 0 saturated carbocycles. The van der Waals surface area contributed by atoms with E-state index >= 15 is 0 Å². The van der Waals surface area contributed by atoms with E-state index in [1.54, 1.807) is 25.3 Å². The molecular weight excluding hydrogens is 272 g/mol. The van der Waals surface area contributed by atoms with Gasteiger partial charge in [0.2, 0.25) is 0 Å². The highest BCUT2D eigenvalue weighted by Gasteiger charge is 2.09. The van der Waals surface area contributed by atoms with Crippen molar-refractivity contribution in [3.63, 3.8) is 0 Å². The zero-order valence-electron chi connectivity index (χ0n) is 11.4. The van der Waals surface area contributed by atoms with Crippen molar-refractivity contribution in [2.24, 2.45) is 0 Å². The third-order valence-corrected chi connectivity index (χ3v) is 2.74. The predicted octanol–water partition coefficient (Wildman–Crippen LogP) is 2.18. The lowest BCUT2D eigenvalue weighted by atomic mass is 10.1. The summed E-state index contributed by atoms with van der Waals surface area (Å²) < 4.78 is 5.02. The number of hydrogen-bond donors (Lipinski definition) is 2. The second-order valence-corrected chi connectivity index (χ2v) is 4.32. The SMILES string of the molecule is COCc1cccc(C(=O)Nc2ccnc(C(=O)O)c2)c1. The number of benzene rings is 1. The van der Waals surface area contributed by atoms with E-state index in [9.17, 15) is 9.59 Å². The third kappa shape index (κ3) is 3.87. The van der Waals surface area contributed by atoms with Crippen LogP contribution in [0.4, 0.5) is 5.69 Å². The molecule has 0 radical (unpaired) electrons. The Morgan fingerprint density at radius 1 is 1.29 bits per heavy atom. The first-order valence-electron chi connectivity index (χ1n) is 6.18. The monoisotopic (exact) mass is 286 g/mol. The number of carbonyl (C=O) groups excluding carboxylic acids is 1. The van der Waals surface area contributed by atoms with Gasteiger partial charge in [0.05, 0.1) is 6.61 Å². The number of nitrogens with one attached hydrogen (secondary N) is 1. The Kier molecular flexibility index (Phi) is 4.63. The molecule has 1 amide bonds. The molecule has 0 fully saturated rings. The first kappa shape index (κ1) is 14.7. The van der Waals surface area contributed by atoms with Crippen molar-refractivity contribution in [1.82, 2.24) is 4.98 Å². The number of ether oxygens (including phenoxy) is 1. The average molecular weight is 286 g/mol. The van der Waals surface area contributed by atoms with E-state index in [2.05, 4.69) is 10.3 Å². The van der Waals surface area contributed by atoms with Gasteiger partial charge < -0.3 is 15.2 Å². The van der Waals surface area contributed by atoms with Crippen molar-refractivity contribution in [3.05, 3.63) is 59.4 Å². The maximum atomic E-state index is 12.1. The van der Waals surface area contributed by atoms with E-state index in [0.717, 1.165) is 5.56 Å². The van der Waals surface area contributed by atoms with E-state index in [1.165, 1.54) is 18.3 Å². The number of carbonyl (C=O) groups is 2. The van der Waals surface area contributed by atoms with E-state index in [1.807, 2.05) is 6.07 Å². The molecule has 2 aromatic rings. The molecule has 0 aliphatic heterocycles. The summed E-state index contributed by atoms with van der Waals surface area (Å²) in [5, 5.41) is 11.5. The minimum Gasteiger partial charge on any atom is -0.477 e. The van der Waals surface area contributed by atoms with Crippen molar-refractivity contribution < 1.29 is 19.4 Å². The summed E-state index contributed by atoms with van der Waals surface area (Å²) in [6.45, 7) is 0.416. The molecule has 1 heterocycles. The number of rotatable bonds is 5. The van der Waals surface area contributed by atoms with Gasteiger partial charge in [0.15, 0.2) is 0 Å². The number of nitrogens with zero attached hydrogens (tertiary/aromatic N) is 1. The van der Waals surface area contributed by atoms with Crippen LogP contribution in [0, 0.1) is 0 Å². The van der Waals surface area contributed by atoms with Crippen molar-refractivity contribution in [2.45, 2.75) is 6.61 Å². The third-order valence-electron chi connectivity index (χ3n) is 2.74. The molecule has 1 aromatic carbocycles. The lowest BCUT2D eigenvalue weighted by Crippen LogP contribution is -2.13. The van der Waals surface area contributed by atoms with Crippen LogP contribution in [0.3, 0.4) is 0 Å². The first-order chi connectivity index (χ1) is 10.1. The van der Waals surface area contributed by atoms with Gasteiger partial charge in [-0.1, -0.05) is 12.1 Å². The number of aromatic nitrogens is 1. The number of carboxylic acids is 1. The topological polar surface area (TPSA) is 88.5 Å². The van der Waals surface area contributed by atoms with Crippen LogP contribution in [-0.2, 0) is 11.3 Å². The summed E-state index contributed by atoms with van der Waals surface area (Å²) in [4.78, 5) is 26.7. The number of carboxylic acid groups (broad SMARTS) is 1. The number of amides is 1. The Labute approximate surface area is 121 Å². The zero-order valence-corrected chi connectivity index (χ0v) is 11.4. The highest BCUT2D eigenvalue weighted by atomic mass is 16.5. The molecule has 2 rings (SSSR count). The van der Waals surface area contributed by atoms with Gasteiger partial charge >= 0.3 is 5.97 Å². The highest BCUT2D eigenvalue weighted by molar-refractivity contribution is 6.04. The van der Waals surface area contributed by atoms with Crippen molar-refractivity contribution in [1.29, 1.82) is 0 Å². The Balaban J connectivity index is 2.16. The van der Waals surface area contributed by atoms with Crippen LogP contribution in [0.25, 0.3) is 0 Å². The summed E-state index contributed by atoms with van der Waals surface area (Å²) in [5.74, 6) is -1.47. The average Bonchev–Trinajstić information content (AvgIpc) is 2.48. The Morgan fingerprint density at radius 2 is 2.10 bits per heavy atom. The maximum absolute atomic E-state index is 12.1. The Morgan fingerprint density at radius 3 is 2.81 bits per heavy atom. The van der Waals surface area contributed by atoms with Gasteiger partial charge in [0.1, 0.15) is 5.69 Å². The van der Waals surface area contributed by atoms with E-state index in [0.29, 0.717) is 17.9 Å². The van der Waals surface area contributed by atoms with Gasteiger partial charge in [-0.25, -0.2) is 9.78 Å². The fourth-order valence-electron chi connectivity index (χ4n) is 1.80. The molecule has 0 spiro atoms. The summed E-state index contributed by atoms with van der Waals surface area (Å²) in [6.07, 6.45) is 1.33. The summed E-state index contributed by atoms with van der Waals surface area (Å²) in [7, 11) is 1.58. The van der Waals surface area contributed by atoms with Crippen molar-refractivity contribution >= 4 is 17.6 Å². The molecular formula is C15H14N2O4. The van der Waals surface area contributed by atoms with Crippen LogP contribution in [-0.4, -0.2) is 29.1 Å². The van der Waals surface area contributed by atoms with Crippen LogP contribution in [0.1, 0.15) is 26.4 Å². The molecule has 0 unspecified atom stereocenters. The van der Waals surface area contributed by atoms with Crippen LogP contribution in [0.2, 0.25) is 0 Å². The van der Waals surface area contributed by atoms with Crippen LogP contribution >= 0.6 is 0 Å². The number of hydrogen-bond acceptors (Lipinski definition) is 4. The molecule has 0 atom stereocenters. The van der Waals surface area contributed by atoms with Gasteiger partial charge in [-0.3, -0.25) is 4.79 Å². The molecule has 6 nitrogen and oxygen atoms in total. The van der Waals surface area contributed by atoms with Gasteiger partial charge in [0.25, 0.3) is 5.91 Å². The summed E-state index contributed by atoms with van der Waals surface area (Å²) in [5.41, 5.74) is 1.61. The van der Waals surface area contributed by atoms with Crippen molar-refractivity contribution in [3.8, 4) is 0 Å². The largest absolute Gasteiger partial charge is 0.477 e. The predicted molar refractivity (Wildman–Crippen MR) is 76.3 cm³/mol. The molecule has 21 heavy (non-hydrogen) atoms. The standard InChI is InChI=1S/C15H14N2O4/c1-21-9-10-3-2-4-11(7-10)14(18)17-12-5-6-16-13(8-12)15(19)20/h2-8H,9H2,1H3,(H,19,20)(H,16,17,18). The number of anilines is 1. The van der Waals surface area contributed by atoms with E-state index in [-0.39, 0.29) is 11.6 Å². The molecule has 0 aliphatic rings. The lowest BCUT2D eigenvalue weighted by Gasteiger charge is -2.07. The minimum absolute atomic E-state index is 0.124. The Hall–Kier alpha value is -2.73. The zero-order chi connectivity index (χ0) is 15.2. The molecule has 2 N–H and O–H groups in total. The lowest BCUT2D eigenvalue weighted by molar-refractivity contribution is 0.0690. The Bertz CT molecular complexity index is 670. The minimum atomic E-state index is -1.15. The van der Waals surface area contributed by atoms with Gasteiger partial charge in [0, 0.05) is 24.6 Å². The van der Waals surface area contributed by atoms with E-state index in [4.69, 9.17) is 9.84 Å². The molecule has 0 bridgehead atoms. The first-order valence-corrected chi connectivity index (χ1v) is 6.18. The summed E-state index contributed by atoms with van der Waals surface area (Å²) >= 11 is 0. The number of aromatic carboxylic acids is 1. The molecule has 6 heteroatoms. The normalized spacial score (nSPS) is 10.1. The summed E-state index contributed by atoms with van der Waals surface area (Å²) in [6, 6.07) is 9.85. The highest BCUT2D eigenvalue weighted by Crippen LogP contribution is 2.12. The molecule has 1 aromatic heterocycles. The van der Waals surface area contributed by atoms with Gasteiger partial charge in [-0.15, -0.1) is 0 Å². The maximum Gasteiger partial charge on any atom is 0.354 e. The second-order valence-electron chi connectivity index (χ2n) is 4.32.